The van der Waals surface area contributed by atoms with Gasteiger partial charge >= 0.3 is 12.3 Å². The molecule has 1 unspecified atom stereocenters. The fourth-order valence-corrected chi connectivity index (χ4v) is 3.89. The maximum atomic E-state index is 13.7. The van der Waals surface area contributed by atoms with Gasteiger partial charge in [0.2, 0.25) is 0 Å². The Morgan fingerprint density at radius 3 is 2.72 bits per heavy atom. The highest BCUT2D eigenvalue weighted by Gasteiger charge is 2.44. The van der Waals surface area contributed by atoms with Crippen LogP contribution in [0.4, 0.5) is 18.0 Å². The molecule has 0 spiro atoms. The number of amides is 1. The van der Waals surface area contributed by atoms with E-state index in [2.05, 4.69) is 20.6 Å². The van der Waals surface area contributed by atoms with Gasteiger partial charge in [0.05, 0.1) is 26.4 Å². The maximum Gasteiger partial charge on any atom is 0.431 e. The minimum Gasteiger partial charge on any atom is -0.444 e. The average Bonchev–Trinajstić information content (AvgIpc) is 3.06. The standard InChI is InChI=1S/C18H24F3N7O4/c1-9-12(8-29)28(17(30)32-9)13-6-11(24-16(25-13)27-2-4-31-5-3-27)10-7-23-15(22)26-14(10)18(19,20)21/h6,9,12,16,24,29H,2-5,7-8H2,1H3,(H3,22,23,26)/t9-,12+,16?/m1/s1. The highest BCUT2D eigenvalue weighted by Crippen LogP contribution is 2.32. The van der Waals surface area contributed by atoms with Crippen molar-refractivity contribution in [3.63, 3.8) is 0 Å². The van der Waals surface area contributed by atoms with E-state index in [0.29, 0.717) is 26.3 Å². The molecular formula is C18H24F3N7O4. The molecule has 11 nitrogen and oxygen atoms in total. The quantitative estimate of drug-likeness (QED) is 0.440. The molecule has 0 aromatic carbocycles. The molecule has 4 heterocycles. The molecule has 4 aliphatic heterocycles. The molecule has 0 bridgehead atoms. The number of carbonyl (C=O) groups excluding carboxylic acids is 1. The number of rotatable bonds is 3. The van der Waals surface area contributed by atoms with Crippen molar-refractivity contribution < 1.29 is 32.5 Å². The summed E-state index contributed by atoms with van der Waals surface area (Å²) in [7, 11) is 0. The summed E-state index contributed by atoms with van der Waals surface area (Å²) in [5.74, 6) is -0.256. The predicted molar refractivity (Wildman–Crippen MR) is 106 cm³/mol. The van der Waals surface area contributed by atoms with Gasteiger partial charge in [-0.2, -0.15) is 13.2 Å². The number of ether oxygens (including phenoxy) is 2. The fourth-order valence-electron chi connectivity index (χ4n) is 3.89. The van der Waals surface area contributed by atoms with Crippen molar-refractivity contribution in [1.29, 1.82) is 0 Å². The fraction of sp³-hybridized carbons (Fsp3) is 0.611. The van der Waals surface area contributed by atoms with Gasteiger partial charge in [-0.25, -0.2) is 14.8 Å². The van der Waals surface area contributed by atoms with Crippen molar-refractivity contribution in [3.8, 4) is 0 Å². The maximum absolute atomic E-state index is 13.7. The summed E-state index contributed by atoms with van der Waals surface area (Å²) in [6, 6.07) is -0.726. The zero-order chi connectivity index (χ0) is 23.0. The molecule has 0 aromatic rings. The minimum atomic E-state index is -4.71. The summed E-state index contributed by atoms with van der Waals surface area (Å²) in [6.45, 7) is 2.74. The lowest BCUT2D eigenvalue weighted by Crippen LogP contribution is -2.54. The zero-order valence-electron chi connectivity index (χ0n) is 17.2. The van der Waals surface area contributed by atoms with Crippen LogP contribution < -0.4 is 16.4 Å². The number of cyclic esters (lactones) is 1. The van der Waals surface area contributed by atoms with Crippen molar-refractivity contribution in [2.24, 2.45) is 15.7 Å². The van der Waals surface area contributed by atoms with Crippen LogP contribution in [0.15, 0.2) is 33.0 Å². The number of nitrogens with zero attached hydrogens (tertiary/aromatic N) is 4. The summed E-state index contributed by atoms with van der Waals surface area (Å²) in [5, 5.41) is 14.9. The molecular weight excluding hydrogens is 435 g/mol. The van der Waals surface area contributed by atoms with Crippen molar-refractivity contribution in [2.45, 2.75) is 31.5 Å². The Morgan fingerprint density at radius 1 is 1.34 bits per heavy atom. The van der Waals surface area contributed by atoms with Crippen LogP contribution in [0.5, 0.6) is 0 Å². The minimum absolute atomic E-state index is 0.0835. The van der Waals surface area contributed by atoms with Crippen molar-refractivity contribution in [2.75, 3.05) is 39.5 Å². The van der Waals surface area contributed by atoms with Crippen LogP contribution in [0.25, 0.3) is 0 Å². The van der Waals surface area contributed by atoms with Crippen LogP contribution in [0, 0.1) is 0 Å². The van der Waals surface area contributed by atoms with E-state index in [1.807, 2.05) is 4.90 Å². The number of nitrogens with two attached hydrogens (primary N) is 1. The molecule has 1 amide bonds. The summed E-state index contributed by atoms with van der Waals surface area (Å²) in [4.78, 5) is 24.0. The van der Waals surface area contributed by atoms with E-state index in [0.717, 1.165) is 0 Å². The molecule has 5 N–H and O–H groups in total. The van der Waals surface area contributed by atoms with E-state index >= 15 is 0 Å². The molecule has 2 fully saturated rings. The topological polar surface area (TPSA) is 137 Å². The van der Waals surface area contributed by atoms with Crippen molar-refractivity contribution >= 4 is 17.9 Å². The van der Waals surface area contributed by atoms with E-state index in [-0.39, 0.29) is 29.6 Å². The third-order valence-electron chi connectivity index (χ3n) is 5.57. The third-order valence-corrected chi connectivity index (χ3v) is 5.57. The number of hydrogen-bond donors (Lipinski definition) is 4. The molecule has 4 rings (SSSR count). The molecule has 0 aromatic heterocycles. The lowest BCUT2D eigenvalue weighted by atomic mass is 10.1. The second-order valence-electron chi connectivity index (χ2n) is 7.60. The number of morpholine rings is 1. The molecule has 0 aliphatic carbocycles. The van der Waals surface area contributed by atoms with Gasteiger partial charge in [-0.1, -0.05) is 0 Å². The Morgan fingerprint density at radius 2 is 2.06 bits per heavy atom. The van der Waals surface area contributed by atoms with Crippen LogP contribution >= 0.6 is 0 Å². The molecule has 14 heteroatoms. The molecule has 0 saturated carbocycles. The van der Waals surface area contributed by atoms with Gasteiger partial charge in [-0.05, 0) is 6.92 Å². The zero-order valence-corrected chi connectivity index (χ0v) is 17.2. The Balaban J connectivity index is 1.76. The first-order chi connectivity index (χ1) is 15.2. The number of carbonyl (C=O) groups is 1. The molecule has 3 atom stereocenters. The van der Waals surface area contributed by atoms with Crippen LogP contribution in [-0.4, -0.2) is 96.9 Å². The first-order valence-corrected chi connectivity index (χ1v) is 10.0. The van der Waals surface area contributed by atoms with Crippen LogP contribution in [0.3, 0.4) is 0 Å². The average molecular weight is 459 g/mol. The van der Waals surface area contributed by atoms with Crippen LogP contribution in [-0.2, 0) is 9.47 Å². The van der Waals surface area contributed by atoms with Gasteiger partial charge in [0, 0.05) is 30.4 Å². The second kappa shape index (κ2) is 8.60. The number of nitrogens with one attached hydrogen (secondary N) is 2. The summed E-state index contributed by atoms with van der Waals surface area (Å²) >= 11 is 0. The Labute approximate surface area is 181 Å². The SMILES string of the molecule is C[C@H]1OC(=O)N(C2=NC(N3CCOCC3)NC(C3=C(C(F)(F)F)NC(N)=NC3)=C2)[C@H]1CO. The number of amidine groups is 1. The van der Waals surface area contributed by atoms with Gasteiger partial charge in [0.25, 0.3) is 0 Å². The van der Waals surface area contributed by atoms with Gasteiger partial charge in [-0.3, -0.25) is 9.80 Å². The monoisotopic (exact) mass is 459 g/mol. The number of aliphatic hydroxyl groups excluding tert-OH is 1. The number of guanidine groups is 1. The number of aliphatic imine (C=N–C) groups is 2. The Kier molecular flexibility index (Phi) is 6.01. The molecule has 4 aliphatic rings. The molecule has 0 radical (unpaired) electrons. The van der Waals surface area contributed by atoms with Crippen molar-refractivity contribution in [1.82, 2.24) is 20.4 Å². The first kappa shape index (κ1) is 22.4. The highest BCUT2D eigenvalue weighted by atomic mass is 19.4. The highest BCUT2D eigenvalue weighted by molar-refractivity contribution is 6.05. The van der Waals surface area contributed by atoms with Crippen LogP contribution in [0.1, 0.15) is 6.92 Å². The van der Waals surface area contributed by atoms with E-state index in [1.54, 1.807) is 6.92 Å². The van der Waals surface area contributed by atoms with E-state index in [4.69, 9.17) is 15.2 Å². The summed E-state index contributed by atoms with van der Waals surface area (Å²) < 4.78 is 51.8. The van der Waals surface area contributed by atoms with Gasteiger partial charge in [0.15, 0.2) is 12.2 Å². The number of allylic oxidation sites excluding steroid dienone is 1. The Bertz CT molecular complexity index is 895. The second-order valence-corrected chi connectivity index (χ2v) is 7.60. The molecule has 176 valence electrons. The molecule has 2 saturated heterocycles. The van der Waals surface area contributed by atoms with Gasteiger partial charge in [-0.15, -0.1) is 0 Å². The van der Waals surface area contributed by atoms with E-state index in [1.165, 1.54) is 11.0 Å². The van der Waals surface area contributed by atoms with Gasteiger partial charge in [0.1, 0.15) is 23.7 Å². The summed E-state index contributed by atoms with van der Waals surface area (Å²) in [5.41, 5.74) is 4.36. The van der Waals surface area contributed by atoms with Crippen LogP contribution in [0.2, 0.25) is 0 Å². The smallest absolute Gasteiger partial charge is 0.431 e. The first-order valence-electron chi connectivity index (χ1n) is 10.0. The number of halogens is 3. The largest absolute Gasteiger partial charge is 0.444 e. The predicted octanol–water partition coefficient (Wildman–Crippen LogP) is -0.576. The van der Waals surface area contributed by atoms with E-state index in [9.17, 15) is 23.1 Å². The number of alkyl halides is 3. The number of aliphatic hydroxyl groups is 1. The Hall–Kier alpha value is -2.84. The normalized spacial score (nSPS) is 29.7. The lowest BCUT2D eigenvalue weighted by Gasteiger charge is -2.37. The number of hydrogen-bond acceptors (Lipinski definition) is 10. The van der Waals surface area contributed by atoms with Gasteiger partial charge < -0.3 is 30.9 Å². The summed E-state index contributed by atoms with van der Waals surface area (Å²) in [6.07, 6.45) is -5.49. The third kappa shape index (κ3) is 4.25. The van der Waals surface area contributed by atoms with E-state index < -0.39 is 43.0 Å². The van der Waals surface area contributed by atoms with Crippen molar-refractivity contribution in [3.05, 3.63) is 23.0 Å². The lowest BCUT2D eigenvalue weighted by molar-refractivity contribution is -0.0960. The molecule has 32 heavy (non-hydrogen) atoms.